The molecule has 0 spiro atoms. The quantitative estimate of drug-likeness (QED) is 0.390. The lowest BCUT2D eigenvalue weighted by molar-refractivity contribution is -0.137. The van der Waals surface area contributed by atoms with Gasteiger partial charge in [-0.2, -0.15) is 0 Å². The van der Waals surface area contributed by atoms with Crippen molar-refractivity contribution in [1.82, 2.24) is 14.9 Å². The summed E-state index contributed by atoms with van der Waals surface area (Å²) >= 11 is 0. The summed E-state index contributed by atoms with van der Waals surface area (Å²) in [6.45, 7) is 2.95. The molecule has 35 heavy (non-hydrogen) atoms. The van der Waals surface area contributed by atoms with Crippen LogP contribution in [0, 0.1) is 0 Å². The minimum Gasteiger partial charge on any atom is -0.480 e. The van der Waals surface area contributed by atoms with E-state index in [9.17, 15) is 9.90 Å². The minimum atomic E-state index is -0.918. The molecule has 1 atom stereocenters. The summed E-state index contributed by atoms with van der Waals surface area (Å²) in [5.41, 5.74) is 6.82. The molecule has 0 amide bonds. The molecule has 0 saturated heterocycles. The highest BCUT2D eigenvalue weighted by Gasteiger charge is 2.19. The first-order chi connectivity index (χ1) is 17.1. The zero-order valence-electron chi connectivity index (χ0n) is 19.5. The summed E-state index contributed by atoms with van der Waals surface area (Å²) in [5.74, 6) is -0.423. The van der Waals surface area contributed by atoms with Gasteiger partial charge in [0.05, 0.1) is 5.69 Å². The molecule has 2 N–H and O–H groups in total. The fourth-order valence-electron chi connectivity index (χ4n) is 4.55. The van der Waals surface area contributed by atoms with Crippen molar-refractivity contribution in [3.63, 3.8) is 0 Å². The van der Waals surface area contributed by atoms with Crippen molar-refractivity contribution in [3.8, 4) is 11.3 Å². The topological polar surface area (TPSA) is 78.4 Å². The summed E-state index contributed by atoms with van der Waals surface area (Å²) < 4.78 is 0. The summed E-state index contributed by atoms with van der Waals surface area (Å²) in [7, 11) is 0. The van der Waals surface area contributed by atoms with E-state index in [2.05, 4.69) is 68.7 Å². The van der Waals surface area contributed by atoms with Crippen LogP contribution in [0.15, 0.2) is 91.3 Å². The van der Waals surface area contributed by atoms with Gasteiger partial charge in [-0.25, -0.2) is 14.8 Å². The van der Waals surface area contributed by atoms with Gasteiger partial charge in [-0.05, 0) is 28.7 Å². The molecule has 0 saturated carbocycles. The standard InChI is InChI=1S/C29H28N4O2/c34-29(35)27(16-21-6-2-1-3-7-21)32-28-17-26(30-20-31-28)24-12-10-22(11-13-24)18-33-15-14-23-8-4-5-9-25(23)19-33/h1-13,17,20,27H,14-16,18-19H2,(H,34,35)(H,30,31,32). The van der Waals surface area contributed by atoms with Crippen LogP contribution >= 0.6 is 0 Å². The van der Waals surface area contributed by atoms with Crippen molar-refractivity contribution < 1.29 is 9.90 Å². The normalized spacial score (nSPS) is 14.2. The Balaban J connectivity index is 1.25. The van der Waals surface area contributed by atoms with Gasteiger partial charge in [0.1, 0.15) is 18.2 Å². The first-order valence-electron chi connectivity index (χ1n) is 11.9. The Bertz CT molecular complexity index is 1290. The molecule has 1 aliphatic rings. The van der Waals surface area contributed by atoms with Crippen molar-refractivity contribution in [3.05, 3.63) is 114 Å². The average Bonchev–Trinajstić information content (AvgIpc) is 2.89. The number of carbonyl (C=O) groups is 1. The molecule has 1 aromatic heterocycles. The van der Waals surface area contributed by atoms with E-state index < -0.39 is 12.0 Å². The van der Waals surface area contributed by atoms with Gasteiger partial charge >= 0.3 is 5.97 Å². The van der Waals surface area contributed by atoms with E-state index in [1.807, 2.05) is 30.3 Å². The molecular weight excluding hydrogens is 436 g/mol. The molecule has 0 fully saturated rings. The van der Waals surface area contributed by atoms with Crippen molar-refractivity contribution in [1.29, 1.82) is 0 Å². The van der Waals surface area contributed by atoms with Crippen LogP contribution < -0.4 is 5.32 Å². The number of aliphatic carboxylic acids is 1. The Kier molecular flexibility index (Phi) is 6.82. The number of hydrogen-bond donors (Lipinski definition) is 2. The lowest BCUT2D eigenvalue weighted by Crippen LogP contribution is -2.31. The number of nitrogens with zero attached hydrogens (tertiary/aromatic N) is 3. The molecule has 176 valence electrons. The van der Waals surface area contributed by atoms with Crippen LogP contribution in [-0.4, -0.2) is 38.5 Å². The summed E-state index contributed by atoms with van der Waals surface area (Å²) in [6.07, 6.45) is 2.93. The van der Waals surface area contributed by atoms with Gasteiger partial charge in [0.15, 0.2) is 0 Å². The Hall–Kier alpha value is -4.03. The Labute approximate surface area is 205 Å². The summed E-state index contributed by atoms with van der Waals surface area (Å²) in [6, 6.07) is 27.7. The minimum absolute atomic E-state index is 0.366. The highest BCUT2D eigenvalue weighted by Crippen LogP contribution is 2.23. The highest BCUT2D eigenvalue weighted by atomic mass is 16.4. The third-order valence-corrected chi connectivity index (χ3v) is 6.44. The zero-order valence-corrected chi connectivity index (χ0v) is 19.5. The van der Waals surface area contributed by atoms with Crippen molar-refractivity contribution in [2.45, 2.75) is 32.0 Å². The fourth-order valence-corrected chi connectivity index (χ4v) is 4.55. The molecule has 6 nitrogen and oxygen atoms in total. The third-order valence-electron chi connectivity index (χ3n) is 6.44. The average molecular weight is 465 g/mol. The molecule has 0 radical (unpaired) electrons. The van der Waals surface area contributed by atoms with Crippen LogP contribution in [0.3, 0.4) is 0 Å². The predicted octanol–water partition coefficient (Wildman–Crippen LogP) is 4.81. The zero-order chi connectivity index (χ0) is 24.0. The van der Waals surface area contributed by atoms with E-state index in [1.54, 1.807) is 6.07 Å². The maximum absolute atomic E-state index is 11.8. The van der Waals surface area contributed by atoms with Gasteiger partial charge < -0.3 is 10.4 Å². The van der Waals surface area contributed by atoms with Crippen LogP contribution in [-0.2, 0) is 30.7 Å². The van der Waals surface area contributed by atoms with Crippen molar-refractivity contribution in [2.75, 3.05) is 11.9 Å². The van der Waals surface area contributed by atoms with Crippen molar-refractivity contribution >= 4 is 11.8 Å². The first-order valence-corrected chi connectivity index (χ1v) is 11.9. The largest absolute Gasteiger partial charge is 0.480 e. The van der Waals surface area contributed by atoms with Gasteiger partial charge in [-0.3, -0.25) is 4.90 Å². The lowest BCUT2D eigenvalue weighted by Gasteiger charge is -2.28. The number of nitrogens with one attached hydrogen (secondary N) is 1. The second-order valence-corrected chi connectivity index (χ2v) is 8.94. The third kappa shape index (κ3) is 5.73. The molecule has 4 aromatic rings. The predicted molar refractivity (Wildman–Crippen MR) is 137 cm³/mol. The SMILES string of the molecule is O=C(O)C(Cc1ccccc1)Nc1cc(-c2ccc(CN3CCc4ccccc4C3)cc2)ncn1. The van der Waals surface area contributed by atoms with Gasteiger partial charge in [0.25, 0.3) is 0 Å². The second kappa shape index (κ2) is 10.5. The number of hydrogen-bond acceptors (Lipinski definition) is 5. The lowest BCUT2D eigenvalue weighted by atomic mass is 9.99. The maximum atomic E-state index is 11.8. The number of fused-ring (bicyclic) bond motifs is 1. The van der Waals surface area contributed by atoms with Crippen LogP contribution in [0.25, 0.3) is 11.3 Å². The van der Waals surface area contributed by atoms with Crippen molar-refractivity contribution in [2.24, 2.45) is 0 Å². The molecule has 3 aromatic carbocycles. The molecule has 1 aliphatic heterocycles. The Morgan fingerprint density at radius 1 is 0.914 bits per heavy atom. The maximum Gasteiger partial charge on any atom is 0.326 e. The Morgan fingerprint density at radius 3 is 2.43 bits per heavy atom. The van der Waals surface area contributed by atoms with Crippen LogP contribution in [0.5, 0.6) is 0 Å². The van der Waals surface area contributed by atoms with E-state index in [4.69, 9.17) is 0 Å². The van der Waals surface area contributed by atoms with Crippen LogP contribution in [0.1, 0.15) is 22.3 Å². The number of anilines is 1. The fraction of sp³-hybridized carbons (Fsp3) is 0.207. The van der Waals surface area contributed by atoms with Gasteiger partial charge in [0.2, 0.25) is 0 Å². The van der Waals surface area contributed by atoms with Gasteiger partial charge in [-0.1, -0.05) is 78.9 Å². The molecule has 0 bridgehead atoms. The molecule has 0 aliphatic carbocycles. The monoisotopic (exact) mass is 464 g/mol. The van der Waals surface area contributed by atoms with Crippen LogP contribution in [0.2, 0.25) is 0 Å². The number of aromatic nitrogens is 2. The molecule has 5 rings (SSSR count). The number of carboxylic acids is 1. The van der Waals surface area contributed by atoms with E-state index >= 15 is 0 Å². The molecule has 6 heteroatoms. The smallest absolute Gasteiger partial charge is 0.326 e. The van der Waals surface area contributed by atoms with Gasteiger partial charge in [-0.15, -0.1) is 0 Å². The van der Waals surface area contributed by atoms with E-state index in [0.29, 0.717) is 12.2 Å². The summed E-state index contributed by atoms with van der Waals surface area (Å²) in [5, 5.41) is 12.7. The van der Waals surface area contributed by atoms with E-state index in [0.717, 1.165) is 42.9 Å². The highest BCUT2D eigenvalue weighted by molar-refractivity contribution is 5.77. The Morgan fingerprint density at radius 2 is 1.66 bits per heavy atom. The first kappa shape index (κ1) is 22.7. The van der Waals surface area contributed by atoms with E-state index in [1.165, 1.54) is 23.0 Å². The summed E-state index contributed by atoms with van der Waals surface area (Å²) in [4.78, 5) is 23.0. The van der Waals surface area contributed by atoms with E-state index in [-0.39, 0.29) is 0 Å². The molecule has 1 unspecified atom stereocenters. The molecular formula is C29H28N4O2. The second-order valence-electron chi connectivity index (χ2n) is 8.94. The number of rotatable bonds is 8. The van der Waals surface area contributed by atoms with Gasteiger partial charge in [0, 0.05) is 37.7 Å². The number of benzene rings is 3. The van der Waals surface area contributed by atoms with Crippen LogP contribution in [0.4, 0.5) is 5.82 Å². The number of carboxylic acid groups (broad SMARTS) is 1. The molecule has 2 heterocycles.